The minimum absolute atomic E-state index is 0.122. The van der Waals surface area contributed by atoms with Crippen LogP contribution in [0.15, 0.2) is 18.2 Å². The number of carbonyl (C=O) groups is 4. The van der Waals surface area contributed by atoms with Crippen molar-refractivity contribution in [3.8, 4) is 11.5 Å². The Labute approximate surface area is 244 Å². The van der Waals surface area contributed by atoms with Gasteiger partial charge in [-0.15, -0.1) is 0 Å². The predicted octanol–water partition coefficient (Wildman–Crippen LogP) is 6.06. The number of nitrogens with one attached hydrogen (secondary N) is 1. The normalized spacial score (nSPS) is 13.0. The van der Waals surface area contributed by atoms with Crippen LogP contribution in [0.2, 0.25) is 0 Å². The number of benzene rings is 1. The number of esters is 3. The average Bonchev–Trinajstić information content (AvgIpc) is 2.92. The molecule has 0 radical (unpaired) electrons. The maximum Gasteiger partial charge on any atom is 0.508 e. The molecule has 0 heterocycles. The lowest BCUT2D eigenvalue weighted by molar-refractivity contribution is -0.143. The van der Waals surface area contributed by atoms with Crippen LogP contribution in [-0.2, 0) is 35.0 Å². The van der Waals surface area contributed by atoms with Gasteiger partial charge in [0, 0.05) is 19.4 Å². The summed E-state index contributed by atoms with van der Waals surface area (Å²) >= 11 is 0. The number of hydrogen-bond acceptors (Lipinski definition) is 10. The standard InChI is InChI=1S/C31H49NO9/c1-7-10-12-15-28(33)40-26-18-17-24(20-27(26)41-29(34)16-13-11-8-2)19-25(30(35)37-6)32-21-23(5)39-31(36)38-22(4)14-9-3/h17-18,20,22-23,25,32H,7-16,19,21H2,1-6H3/t22?,23?,25-/m0/s1. The van der Waals surface area contributed by atoms with Crippen molar-refractivity contribution < 1.29 is 42.9 Å². The molecular formula is C31H49NO9. The summed E-state index contributed by atoms with van der Waals surface area (Å²) in [6, 6.07) is 4.08. The van der Waals surface area contributed by atoms with Crippen molar-refractivity contribution in [2.24, 2.45) is 0 Å². The van der Waals surface area contributed by atoms with Crippen LogP contribution in [0.3, 0.4) is 0 Å². The first-order valence-corrected chi connectivity index (χ1v) is 14.9. The highest BCUT2D eigenvalue weighted by Gasteiger charge is 2.23. The van der Waals surface area contributed by atoms with Crippen LogP contribution in [0.4, 0.5) is 4.79 Å². The second-order valence-electron chi connectivity index (χ2n) is 10.2. The van der Waals surface area contributed by atoms with Gasteiger partial charge in [-0.2, -0.15) is 0 Å². The maximum absolute atomic E-state index is 12.5. The molecule has 0 amide bonds. The van der Waals surface area contributed by atoms with E-state index in [1.54, 1.807) is 32.0 Å². The Hall–Kier alpha value is -3.14. The van der Waals surface area contributed by atoms with Gasteiger partial charge in [-0.1, -0.05) is 58.9 Å². The van der Waals surface area contributed by atoms with Gasteiger partial charge in [-0.25, -0.2) is 4.79 Å². The molecule has 10 heteroatoms. The lowest BCUT2D eigenvalue weighted by Crippen LogP contribution is -2.43. The van der Waals surface area contributed by atoms with Crippen molar-refractivity contribution in [3.05, 3.63) is 23.8 Å². The molecule has 0 saturated heterocycles. The van der Waals surface area contributed by atoms with E-state index in [4.69, 9.17) is 23.7 Å². The molecule has 1 rings (SSSR count). The molecule has 2 unspecified atom stereocenters. The van der Waals surface area contributed by atoms with E-state index in [1.807, 2.05) is 20.8 Å². The number of carbonyl (C=O) groups excluding carboxylic acids is 4. The van der Waals surface area contributed by atoms with Crippen molar-refractivity contribution >= 4 is 24.1 Å². The van der Waals surface area contributed by atoms with E-state index in [0.29, 0.717) is 18.4 Å². The number of ether oxygens (including phenoxy) is 5. The van der Waals surface area contributed by atoms with Crippen LogP contribution in [0.1, 0.15) is 104 Å². The number of hydrogen-bond donors (Lipinski definition) is 1. The first-order valence-electron chi connectivity index (χ1n) is 14.9. The minimum Gasteiger partial charge on any atom is -0.468 e. The van der Waals surface area contributed by atoms with E-state index in [-0.39, 0.29) is 43.4 Å². The summed E-state index contributed by atoms with van der Waals surface area (Å²) < 4.78 is 26.6. The summed E-state index contributed by atoms with van der Waals surface area (Å²) in [7, 11) is 1.29. The summed E-state index contributed by atoms with van der Waals surface area (Å²) in [5.41, 5.74) is 0.649. The monoisotopic (exact) mass is 579 g/mol. The summed E-state index contributed by atoms with van der Waals surface area (Å²) in [4.78, 5) is 49.4. The van der Waals surface area contributed by atoms with Crippen molar-refractivity contribution in [1.29, 1.82) is 0 Å². The van der Waals surface area contributed by atoms with Gasteiger partial charge < -0.3 is 29.0 Å². The molecule has 0 aliphatic heterocycles. The van der Waals surface area contributed by atoms with E-state index < -0.39 is 36.2 Å². The fraction of sp³-hybridized carbons (Fsp3) is 0.677. The molecule has 1 aromatic rings. The van der Waals surface area contributed by atoms with Crippen molar-refractivity contribution in [1.82, 2.24) is 5.32 Å². The van der Waals surface area contributed by atoms with Gasteiger partial charge in [-0.05, 0) is 57.2 Å². The van der Waals surface area contributed by atoms with Gasteiger partial charge in [-0.3, -0.25) is 14.4 Å². The molecule has 0 spiro atoms. The summed E-state index contributed by atoms with van der Waals surface area (Å²) in [5, 5.41) is 3.07. The third-order valence-corrected chi connectivity index (χ3v) is 6.29. The summed E-state index contributed by atoms with van der Waals surface area (Å²) in [6.45, 7) is 9.75. The summed E-state index contributed by atoms with van der Waals surface area (Å²) in [6.07, 6.45) is 5.89. The Morgan fingerprint density at radius 1 is 0.780 bits per heavy atom. The Bertz CT molecular complexity index is 950. The molecule has 0 aromatic heterocycles. The first kappa shape index (κ1) is 35.9. The molecule has 232 valence electrons. The number of unbranched alkanes of at least 4 members (excludes halogenated alkanes) is 4. The Morgan fingerprint density at radius 3 is 1.93 bits per heavy atom. The van der Waals surface area contributed by atoms with Gasteiger partial charge in [0.25, 0.3) is 0 Å². The van der Waals surface area contributed by atoms with E-state index in [1.165, 1.54) is 7.11 Å². The van der Waals surface area contributed by atoms with Gasteiger partial charge >= 0.3 is 24.1 Å². The van der Waals surface area contributed by atoms with Gasteiger partial charge in [0.05, 0.1) is 7.11 Å². The van der Waals surface area contributed by atoms with E-state index in [2.05, 4.69) is 5.32 Å². The summed E-state index contributed by atoms with van der Waals surface area (Å²) in [5.74, 6) is -1.06. The molecule has 0 bridgehead atoms. The molecule has 1 aromatic carbocycles. The largest absolute Gasteiger partial charge is 0.508 e. The lowest BCUT2D eigenvalue weighted by atomic mass is 10.0. The molecule has 41 heavy (non-hydrogen) atoms. The van der Waals surface area contributed by atoms with Crippen LogP contribution in [0.5, 0.6) is 11.5 Å². The van der Waals surface area contributed by atoms with E-state index in [0.717, 1.165) is 38.5 Å². The maximum atomic E-state index is 12.5. The predicted molar refractivity (Wildman–Crippen MR) is 155 cm³/mol. The Kier molecular flexibility index (Phi) is 18.1. The highest BCUT2D eigenvalue weighted by Crippen LogP contribution is 2.30. The topological polar surface area (TPSA) is 126 Å². The molecule has 0 fully saturated rings. The van der Waals surface area contributed by atoms with Crippen LogP contribution in [0.25, 0.3) is 0 Å². The van der Waals surface area contributed by atoms with Crippen molar-refractivity contribution in [2.45, 2.75) is 123 Å². The Morgan fingerprint density at radius 2 is 1.37 bits per heavy atom. The van der Waals surface area contributed by atoms with Crippen molar-refractivity contribution in [2.75, 3.05) is 13.7 Å². The fourth-order valence-electron chi connectivity index (χ4n) is 4.02. The molecule has 0 saturated carbocycles. The number of methoxy groups -OCH3 is 1. The van der Waals surface area contributed by atoms with Crippen LogP contribution in [0, 0.1) is 0 Å². The minimum atomic E-state index is -0.781. The zero-order valence-corrected chi connectivity index (χ0v) is 25.6. The average molecular weight is 580 g/mol. The van der Waals surface area contributed by atoms with Gasteiger partial charge in [0.2, 0.25) is 0 Å². The molecule has 0 aliphatic carbocycles. The molecule has 3 atom stereocenters. The van der Waals surface area contributed by atoms with E-state index >= 15 is 0 Å². The molecule has 1 N–H and O–H groups in total. The fourth-order valence-corrected chi connectivity index (χ4v) is 4.02. The van der Waals surface area contributed by atoms with Crippen LogP contribution >= 0.6 is 0 Å². The zero-order valence-electron chi connectivity index (χ0n) is 25.6. The molecule has 0 aliphatic rings. The van der Waals surface area contributed by atoms with Crippen LogP contribution < -0.4 is 14.8 Å². The van der Waals surface area contributed by atoms with Gasteiger partial charge in [0.1, 0.15) is 18.2 Å². The Balaban J connectivity index is 2.97. The third kappa shape index (κ3) is 15.4. The highest BCUT2D eigenvalue weighted by molar-refractivity contribution is 5.77. The quantitative estimate of drug-likeness (QED) is 0.111. The second-order valence-corrected chi connectivity index (χ2v) is 10.2. The lowest BCUT2D eigenvalue weighted by Gasteiger charge is -2.21. The molecular weight excluding hydrogens is 530 g/mol. The van der Waals surface area contributed by atoms with Crippen LogP contribution in [-0.4, -0.2) is 56.0 Å². The highest BCUT2D eigenvalue weighted by atomic mass is 16.7. The third-order valence-electron chi connectivity index (χ3n) is 6.29. The van der Waals surface area contributed by atoms with Crippen molar-refractivity contribution in [3.63, 3.8) is 0 Å². The molecule has 10 nitrogen and oxygen atoms in total. The first-order chi connectivity index (χ1) is 19.6. The second kappa shape index (κ2) is 20.7. The zero-order chi connectivity index (χ0) is 30.6. The van der Waals surface area contributed by atoms with Gasteiger partial charge in [0.15, 0.2) is 11.5 Å². The number of rotatable bonds is 20. The smallest absolute Gasteiger partial charge is 0.468 e. The van der Waals surface area contributed by atoms with E-state index in [9.17, 15) is 19.2 Å². The SMILES string of the molecule is CCCCCC(=O)Oc1ccc(C[C@H](NCC(C)OC(=O)OC(C)CCC)C(=O)OC)cc1OC(=O)CCCCC.